The van der Waals surface area contributed by atoms with E-state index in [1.807, 2.05) is 6.26 Å². The van der Waals surface area contributed by atoms with E-state index >= 15 is 0 Å². The van der Waals surface area contributed by atoms with Crippen molar-refractivity contribution in [2.45, 2.75) is 30.9 Å². The third-order valence-electron chi connectivity index (χ3n) is 4.46. The molecule has 1 unspecified atom stereocenters. The fraction of sp³-hybridized carbons (Fsp3) is 0.350. The number of hydrogen-bond acceptors (Lipinski definition) is 5. The summed E-state index contributed by atoms with van der Waals surface area (Å²) in [6.07, 6.45) is 4.86. The van der Waals surface area contributed by atoms with Gasteiger partial charge in [0.15, 0.2) is 0 Å². The van der Waals surface area contributed by atoms with Crippen molar-refractivity contribution in [3.63, 3.8) is 0 Å². The van der Waals surface area contributed by atoms with Gasteiger partial charge in [0.2, 0.25) is 5.91 Å². The number of halogens is 1. The molecule has 9 heteroatoms. The van der Waals surface area contributed by atoms with Crippen molar-refractivity contribution in [2.24, 2.45) is 0 Å². The largest absolute Gasteiger partial charge is 0.488 e. The lowest BCUT2D eigenvalue weighted by Gasteiger charge is -2.32. The van der Waals surface area contributed by atoms with E-state index in [-0.39, 0.29) is 17.7 Å². The zero-order chi connectivity index (χ0) is 20.8. The highest BCUT2D eigenvalue weighted by atomic mass is 32.2. The molecule has 0 saturated carbocycles. The lowest BCUT2D eigenvalue weighted by Crippen LogP contribution is -2.43. The highest BCUT2D eigenvalue weighted by Crippen LogP contribution is 2.24. The van der Waals surface area contributed by atoms with Crippen LogP contribution in [0.25, 0.3) is 0 Å². The summed E-state index contributed by atoms with van der Waals surface area (Å²) in [7, 11) is 0. The number of benzene rings is 1. The van der Waals surface area contributed by atoms with E-state index in [2.05, 4.69) is 15.6 Å². The van der Waals surface area contributed by atoms with Gasteiger partial charge in [-0.2, -0.15) is 0 Å². The predicted octanol–water partition coefficient (Wildman–Crippen LogP) is 3.98. The van der Waals surface area contributed by atoms with Crippen LogP contribution < -0.4 is 15.4 Å². The minimum Gasteiger partial charge on any atom is -0.488 e. The maximum atomic E-state index is 14.0. The van der Waals surface area contributed by atoms with Gasteiger partial charge in [-0.3, -0.25) is 4.79 Å². The van der Waals surface area contributed by atoms with Crippen molar-refractivity contribution in [3.8, 4) is 5.75 Å². The Kier molecular flexibility index (Phi) is 6.92. The standard InChI is InChI=1S/C20H23FN4O3S/c1-13(26)25-7-3-4-17(12-25)28-18-9-14(21)8-16(10-18)24-20(27)23-15-5-6-19(29-2)22-11-15/h5-6,8-11,17H,3-4,7,12H2,1-2H3,(H2,23,24,27). The highest BCUT2D eigenvalue weighted by molar-refractivity contribution is 7.98. The van der Waals surface area contributed by atoms with Crippen molar-refractivity contribution in [1.29, 1.82) is 0 Å². The molecule has 3 rings (SSSR count). The molecule has 2 N–H and O–H groups in total. The van der Waals surface area contributed by atoms with Gasteiger partial charge in [-0.25, -0.2) is 14.2 Å². The molecular weight excluding hydrogens is 395 g/mol. The summed E-state index contributed by atoms with van der Waals surface area (Å²) < 4.78 is 19.9. The second kappa shape index (κ2) is 9.60. The van der Waals surface area contributed by atoms with Crippen molar-refractivity contribution in [2.75, 3.05) is 30.0 Å². The molecule has 1 fully saturated rings. The Morgan fingerprint density at radius 3 is 2.72 bits per heavy atom. The van der Waals surface area contributed by atoms with E-state index in [4.69, 9.17) is 4.74 Å². The van der Waals surface area contributed by atoms with Crippen LogP contribution in [-0.2, 0) is 4.79 Å². The zero-order valence-corrected chi connectivity index (χ0v) is 17.1. The molecule has 3 amide bonds. The topological polar surface area (TPSA) is 83.6 Å². The quantitative estimate of drug-likeness (QED) is 0.718. The molecule has 1 aromatic heterocycles. The van der Waals surface area contributed by atoms with Gasteiger partial charge in [0.25, 0.3) is 0 Å². The number of piperidine rings is 1. The van der Waals surface area contributed by atoms with Crippen LogP contribution in [-0.4, -0.2) is 47.3 Å². The van der Waals surface area contributed by atoms with Crippen LogP contribution >= 0.6 is 11.8 Å². The van der Waals surface area contributed by atoms with Gasteiger partial charge >= 0.3 is 6.03 Å². The van der Waals surface area contributed by atoms with Crippen LogP contribution in [0.1, 0.15) is 19.8 Å². The number of nitrogens with zero attached hydrogens (tertiary/aromatic N) is 2. The maximum absolute atomic E-state index is 14.0. The van der Waals surface area contributed by atoms with Crippen molar-refractivity contribution in [1.82, 2.24) is 9.88 Å². The smallest absolute Gasteiger partial charge is 0.323 e. The van der Waals surface area contributed by atoms with Crippen molar-refractivity contribution >= 4 is 35.1 Å². The zero-order valence-electron chi connectivity index (χ0n) is 16.3. The van der Waals surface area contributed by atoms with Crippen LogP contribution in [0.2, 0.25) is 0 Å². The number of carbonyl (C=O) groups is 2. The van der Waals surface area contributed by atoms with Gasteiger partial charge in [-0.05, 0) is 37.3 Å². The summed E-state index contributed by atoms with van der Waals surface area (Å²) in [5, 5.41) is 6.09. The number of likely N-dealkylation sites (tertiary alicyclic amines) is 1. The average molecular weight is 418 g/mol. The van der Waals surface area contributed by atoms with Gasteiger partial charge in [-0.15, -0.1) is 11.8 Å². The summed E-state index contributed by atoms with van der Waals surface area (Å²) >= 11 is 1.50. The van der Waals surface area contributed by atoms with Gasteiger partial charge in [0.05, 0.1) is 23.5 Å². The van der Waals surface area contributed by atoms with Crippen LogP contribution in [0.5, 0.6) is 5.75 Å². The third-order valence-corrected chi connectivity index (χ3v) is 5.12. The third kappa shape index (κ3) is 6.08. The number of carbonyl (C=O) groups excluding carboxylic acids is 2. The second-order valence-electron chi connectivity index (χ2n) is 6.69. The molecule has 0 aliphatic carbocycles. The summed E-state index contributed by atoms with van der Waals surface area (Å²) in [5.41, 5.74) is 0.796. The molecule has 0 radical (unpaired) electrons. The molecular formula is C20H23FN4O3S. The monoisotopic (exact) mass is 418 g/mol. The summed E-state index contributed by atoms with van der Waals surface area (Å²) in [6.45, 7) is 2.70. The van der Waals surface area contributed by atoms with Crippen LogP contribution in [0, 0.1) is 5.82 Å². The molecule has 2 heterocycles. The van der Waals surface area contributed by atoms with E-state index in [0.29, 0.717) is 24.5 Å². The van der Waals surface area contributed by atoms with Crippen LogP contribution in [0.4, 0.5) is 20.6 Å². The molecule has 1 aliphatic rings. The van der Waals surface area contributed by atoms with E-state index in [0.717, 1.165) is 17.9 Å². The summed E-state index contributed by atoms with van der Waals surface area (Å²) in [6, 6.07) is 7.06. The number of aromatic nitrogens is 1. The minimum absolute atomic E-state index is 0.00313. The fourth-order valence-corrected chi connectivity index (χ4v) is 3.45. The number of pyridine rings is 1. The molecule has 154 valence electrons. The van der Waals surface area contributed by atoms with E-state index < -0.39 is 11.8 Å². The number of ether oxygens (including phenoxy) is 1. The molecule has 1 aliphatic heterocycles. The molecule has 1 atom stereocenters. The van der Waals surface area contributed by atoms with Gasteiger partial charge in [-0.1, -0.05) is 0 Å². The number of thioether (sulfide) groups is 1. The fourth-order valence-electron chi connectivity index (χ4n) is 3.08. The summed E-state index contributed by atoms with van der Waals surface area (Å²) in [5.74, 6) is -0.221. The first-order valence-electron chi connectivity index (χ1n) is 9.24. The Labute approximate surface area is 173 Å². The second-order valence-corrected chi connectivity index (χ2v) is 7.52. The number of rotatable bonds is 5. The number of hydrogen-bond donors (Lipinski definition) is 2. The van der Waals surface area contributed by atoms with E-state index in [9.17, 15) is 14.0 Å². The molecule has 7 nitrogen and oxygen atoms in total. The Bertz CT molecular complexity index is 879. The predicted molar refractivity (Wildman–Crippen MR) is 111 cm³/mol. The summed E-state index contributed by atoms with van der Waals surface area (Å²) in [4.78, 5) is 29.7. The van der Waals surface area contributed by atoms with Gasteiger partial charge < -0.3 is 20.3 Å². The molecule has 1 saturated heterocycles. The van der Waals surface area contributed by atoms with Gasteiger partial charge in [0.1, 0.15) is 17.7 Å². The molecule has 0 bridgehead atoms. The Morgan fingerprint density at radius 1 is 1.24 bits per heavy atom. The Hall–Kier alpha value is -2.81. The molecule has 0 spiro atoms. The number of amides is 3. The number of anilines is 2. The van der Waals surface area contributed by atoms with Gasteiger partial charge in [0, 0.05) is 31.3 Å². The SMILES string of the molecule is CSc1ccc(NC(=O)Nc2cc(F)cc(OC3CCCN(C(C)=O)C3)c2)cn1. The van der Waals surface area contributed by atoms with Crippen molar-refractivity contribution < 1.29 is 18.7 Å². The first-order valence-corrected chi connectivity index (χ1v) is 10.5. The van der Waals surface area contributed by atoms with E-state index in [1.54, 1.807) is 29.3 Å². The average Bonchev–Trinajstić information content (AvgIpc) is 2.68. The number of urea groups is 1. The first kappa shape index (κ1) is 20.9. The normalized spacial score (nSPS) is 16.2. The highest BCUT2D eigenvalue weighted by Gasteiger charge is 2.23. The van der Waals surface area contributed by atoms with Crippen LogP contribution in [0.15, 0.2) is 41.6 Å². The molecule has 29 heavy (non-hydrogen) atoms. The Balaban J connectivity index is 1.62. The van der Waals surface area contributed by atoms with Crippen LogP contribution in [0.3, 0.4) is 0 Å². The lowest BCUT2D eigenvalue weighted by atomic mass is 10.1. The molecule has 1 aromatic carbocycles. The maximum Gasteiger partial charge on any atom is 0.323 e. The molecule has 2 aromatic rings. The Morgan fingerprint density at radius 2 is 2.03 bits per heavy atom. The number of nitrogens with one attached hydrogen (secondary N) is 2. The van der Waals surface area contributed by atoms with Crippen molar-refractivity contribution in [3.05, 3.63) is 42.3 Å². The van der Waals surface area contributed by atoms with E-state index in [1.165, 1.54) is 30.8 Å². The first-order chi connectivity index (χ1) is 13.9. The lowest BCUT2D eigenvalue weighted by molar-refractivity contribution is -0.131. The minimum atomic E-state index is -0.525.